The van der Waals surface area contributed by atoms with Crippen molar-refractivity contribution in [2.45, 2.75) is 11.3 Å². The molecule has 0 spiro atoms. The lowest BCUT2D eigenvalue weighted by atomic mass is 9.80. The summed E-state index contributed by atoms with van der Waals surface area (Å²) in [5.74, 6) is 0. The van der Waals surface area contributed by atoms with Crippen LogP contribution in [0.5, 0.6) is 0 Å². The number of hydrogen-bond acceptors (Lipinski definition) is 4. The topological polar surface area (TPSA) is 63.1 Å². The number of aromatic nitrogens is 2. The lowest BCUT2D eigenvalue weighted by Gasteiger charge is -2.34. The minimum absolute atomic E-state index is 0.163. The molecule has 0 bridgehead atoms. The van der Waals surface area contributed by atoms with Gasteiger partial charge in [-0.1, -0.05) is 12.1 Å². The average Bonchev–Trinajstić information content (AvgIpc) is 2.53. The van der Waals surface area contributed by atoms with Crippen molar-refractivity contribution < 1.29 is 18.7 Å². The Kier molecular flexibility index (Phi) is 5.03. The molecule has 2 rings (SSSR count). The quantitative estimate of drug-likeness (QED) is 0.578. The molecule has 22 heavy (non-hydrogen) atoms. The van der Waals surface area contributed by atoms with E-state index in [0.29, 0.717) is 0 Å². The molecule has 0 fully saturated rings. The van der Waals surface area contributed by atoms with Gasteiger partial charge < -0.3 is 5.11 Å². The summed E-state index contributed by atoms with van der Waals surface area (Å²) in [5.41, 5.74) is -6.63. The number of aldehydes is 1. The zero-order chi connectivity index (χ0) is 16.4. The Morgan fingerprint density at radius 1 is 1.09 bits per heavy atom. The van der Waals surface area contributed by atoms with Crippen LogP contribution in [0.15, 0.2) is 45.6 Å². The fourth-order valence-corrected chi connectivity index (χ4v) is 2.66. The smallest absolute Gasteiger partial charge is 0.243 e. The Balaban J connectivity index is 2.66. The van der Waals surface area contributed by atoms with Gasteiger partial charge in [-0.25, -0.2) is 18.7 Å². The summed E-state index contributed by atoms with van der Waals surface area (Å²) >= 11 is 6.11. The van der Waals surface area contributed by atoms with E-state index in [2.05, 4.69) is 41.8 Å². The first-order valence-corrected chi connectivity index (χ1v) is 7.65. The van der Waals surface area contributed by atoms with Gasteiger partial charge in [0.25, 0.3) is 0 Å². The third-order valence-corrected chi connectivity index (χ3v) is 4.07. The summed E-state index contributed by atoms with van der Waals surface area (Å²) in [6, 6.07) is 8.35. The maximum absolute atomic E-state index is 15.3. The van der Waals surface area contributed by atoms with Crippen molar-refractivity contribution in [1.82, 2.24) is 9.97 Å². The summed E-state index contributed by atoms with van der Waals surface area (Å²) in [6.07, 6.45) is -0.163. The summed E-state index contributed by atoms with van der Waals surface area (Å²) < 4.78 is 29.4. The summed E-state index contributed by atoms with van der Waals surface area (Å²) in [7, 11) is 0. The molecule has 4 nitrogen and oxygen atoms in total. The van der Waals surface area contributed by atoms with Crippen LogP contribution in [0.25, 0.3) is 0 Å². The Hall–Kier alpha value is -1.25. The maximum atomic E-state index is 15.3. The van der Waals surface area contributed by atoms with E-state index < -0.39 is 23.6 Å². The molecule has 2 aromatic rings. The summed E-state index contributed by atoms with van der Waals surface area (Å²) in [6.45, 7) is -1.56. The van der Waals surface area contributed by atoms with Crippen molar-refractivity contribution in [1.29, 1.82) is 0 Å². The van der Waals surface area contributed by atoms with Crippen LogP contribution in [-0.2, 0) is 16.1 Å². The van der Waals surface area contributed by atoms with Gasteiger partial charge in [0.05, 0.1) is 11.4 Å². The number of carbonyl (C=O) groups excluding carboxylic acids is 1. The number of alkyl halides is 2. The molecule has 2 heterocycles. The van der Waals surface area contributed by atoms with Crippen LogP contribution in [0.2, 0.25) is 0 Å². The van der Waals surface area contributed by atoms with Crippen molar-refractivity contribution in [2.75, 3.05) is 6.67 Å². The van der Waals surface area contributed by atoms with E-state index in [1.165, 1.54) is 36.4 Å². The van der Waals surface area contributed by atoms with Crippen LogP contribution in [-0.4, -0.2) is 28.0 Å². The largest absolute Gasteiger partial charge is 0.377 e. The molecule has 2 atom stereocenters. The molecule has 0 aliphatic rings. The number of pyridine rings is 2. The van der Waals surface area contributed by atoms with Gasteiger partial charge >= 0.3 is 0 Å². The third kappa shape index (κ3) is 2.82. The highest BCUT2D eigenvalue weighted by Gasteiger charge is 2.56. The second-order valence-corrected chi connectivity index (χ2v) is 6.14. The van der Waals surface area contributed by atoms with Gasteiger partial charge in [0, 0.05) is 0 Å². The van der Waals surface area contributed by atoms with Crippen LogP contribution >= 0.6 is 31.9 Å². The standard InChI is InChI=1S/C14H10Br2F2N2O2/c15-11-5-1-3-9(19-11)13(18,8-21)14(22,7-17)10-4-2-6-12(16)20-10/h1-6,8,22H,7H2. The number of aliphatic hydroxyl groups is 1. The molecule has 116 valence electrons. The third-order valence-electron chi connectivity index (χ3n) is 3.18. The molecule has 2 aromatic heterocycles. The van der Waals surface area contributed by atoms with Gasteiger partial charge in [-0.3, -0.25) is 4.79 Å². The zero-order valence-corrected chi connectivity index (χ0v) is 14.2. The molecule has 0 saturated heterocycles. The first kappa shape index (κ1) is 17.1. The van der Waals surface area contributed by atoms with Crippen LogP contribution < -0.4 is 0 Å². The van der Waals surface area contributed by atoms with E-state index in [0.717, 1.165) is 0 Å². The van der Waals surface area contributed by atoms with E-state index in [4.69, 9.17) is 0 Å². The molecule has 0 aliphatic carbocycles. The van der Waals surface area contributed by atoms with E-state index in [1.807, 2.05) is 0 Å². The fraction of sp³-hybridized carbons (Fsp3) is 0.214. The molecule has 0 radical (unpaired) electrons. The van der Waals surface area contributed by atoms with Gasteiger partial charge in [0.1, 0.15) is 15.9 Å². The Morgan fingerprint density at radius 2 is 1.59 bits per heavy atom. The van der Waals surface area contributed by atoms with E-state index in [1.54, 1.807) is 0 Å². The lowest BCUT2D eigenvalue weighted by Crippen LogP contribution is -2.50. The van der Waals surface area contributed by atoms with E-state index in [9.17, 15) is 14.3 Å². The first-order chi connectivity index (χ1) is 10.4. The predicted molar refractivity (Wildman–Crippen MR) is 82.6 cm³/mol. The van der Waals surface area contributed by atoms with Crippen LogP contribution in [0.4, 0.5) is 8.78 Å². The Labute approximate surface area is 141 Å². The minimum atomic E-state index is -3.10. The number of nitrogens with zero attached hydrogens (tertiary/aromatic N) is 2. The molecular formula is C14H10Br2F2N2O2. The second-order valence-electron chi connectivity index (χ2n) is 4.51. The lowest BCUT2D eigenvalue weighted by molar-refractivity contribution is -0.153. The molecule has 2 unspecified atom stereocenters. The number of rotatable bonds is 5. The first-order valence-electron chi connectivity index (χ1n) is 6.07. The van der Waals surface area contributed by atoms with Gasteiger partial charge in [-0.05, 0) is 56.1 Å². The maximum Gasteiger partial charge on any atom is 0.243 e. The van der Waals surface area contributed by atoms with Gasteiger partial charge in [-0.15, -0.1) is 0 Å². The predicted octanol–water partition coefficient (Wildman–Crippen LogP) is 3.22. The zero-order valence-electron chi connectivity index (χ0n) is 11.0. The molecule has 1 N–H and O–H groups in total. The van der Waals surface area contributed by atoms with Gasteiger partial charge in [0.15, 0.2) is 11.9 Å². The Bertz CT molecular complexity index is 704. The monoisotopic (exact) mass is 434 g/mol. The van der Waals surface area contributed by atoms with Gasteiger partial charge in [0.2, 0.25) is 5.67 Å². The molecular weight excluding hydrogens is 426 g/mol. The highest BCUT2D eigenvalue weighted by molar-refractivity contribution is 9.10. The minimum Gasteiger partial charge on any atom is -0.377 e. The molecule has 0 aromatic carbocycles. The fourth-order valence-electron chi connectivity index (χ4n) is 1.97. The average molecular weight is 436 g/mol. The molecule has 0 amide bonds. The van der Waals surface area contributed by atoms with E-state index >= 15 is 4.39 Å². The Morgan fingerprint density at radius 3 is 2.05 bits per heavy atom. The number of carbonyl (C=O) groups is 1. The molecule has 8 heteroatoms. The van der Waals surface area contributed by atoms with Crippen LogP contribution in [0.1, 0.15) is 11.4 Å². The second kappa shape index (κ2) is 6.47. The molecule has 0 saturated carbocycles. The highest BCUT2D eigenvalue weighted by atomic mass is 79.9. The van der Waals surface area contributed by atoms with Crippen LogP contribution in [0.3, 0.4) is 0 Å². The SMILES string of the molecule is O=CC(F)(c1cccc(Br)n1)C(O)(CF)c1cccc(Br)n1. The van der Waals surface area contributed by atoms with Crippen LogP contribution in [0, 0.1) is 0 Å². The summed E-state index contributed by atoms with van der Waals surface area (Å²) in [5, 5.41) is 10.6. The number of halogens is 4. The van der Waals surface area contributed by atoms with Crippen molar-refractivity contribution in [3.63, 3.8) is 0 Å². The highest BCUT2D eigenvalue weighted by Crippen LogP contribution is 2.42. The molecule has 0 aliphatic heterocycles. The van der Waals surface area contributed by atoms with Crippen molar-refractivity contribution in [3.8, 4) is 0 Å². The van der Waals surface area contributed by atoms with Crippen molar-refractivity contribution in [3.05, 3.63) is 57.0 Å². The normalized spacial score (nSPS) is 16.6. The van der Waals surface area contributed by atoms with Crippen molar-refractivity contribution >= 4 is 38.1 Å². The van der Waals surface area contributed by atoms with Crippen molar-refractivity contribution in [2.24, 2.45) is 0 Å². The van der Waals surface area contributed by atoms with Gasteiger partial charge in [-0.2, -0.15) is 0 Å². The van der Waals surface area contributed by atoms with E-state index in [-0.39, 0.29) is 21.2 Å². The number of hydrogen-bond donors (Lipinski definition) is 1. The summed E-state index contributed by atoms with van der Waals surface area (Å²) in [4.78, 5) is 19.1.